The Morgan fingerprint density at radius 2 is 2.33 bits per heavy atom. The fourth-order valence-electron chi connectivity index (χ4n) is 2.31. The summed E-state index contributed by atoms with van der Waals surface area (Å²) in [7, 11) is 0. The van der Waals surface area contributed by atoms with E-state index in [2.05, 4.69) is 17.1 Å². The number of carbonyl (C=O) groups excluding carboxylic acids is 1. The molecule has 1 N–H and O–H groups in total. The number of nitrogens with zero attached hydrogens (tertiary/aromatic N) is 1. The molecule has 1 atom stereocenters. The molecule has 1 heterocycles. The molecule has 21 heavy (non-hydrogen) atoms. The first-order valence-corrected chi connectivity index (χ1v) is 7.31. The van der Waals surface area contributed by atoms with Crippen molar-refractivity contribution in [1.29, 1.82) is 0 Å². The van der Waals surface area contributed by atoms with Crippen LogP contribution in [0.25, 0.3) is 0 Å². The van der Waals surface area contributed by atoms with Crippen LogP contribution < -0.4 is 10.2 Å². The number of ether oxygens (including phenoxy) is 1. The van der Waals surface area contributed by atoms with Crippen molar-refractivity contribution in [3.63, 3.8) is 0 Å². The highest BCUT2D eigenvalue weighted by Gasteiger charge is 2.22. The molecular formula is C16H19ClN2O2. The van der Waals surface area contributed by atoms with Crippen molar-refractivity contribution in [2.45, 2.75) is 26.7 Å². The van der Waals surface area contributed by atoms with E-state index in [1.165, 1.54) is 0 Å². The second kappa shape index (κ2) is 6.76. The molecule has 2 rings (SSSR count). The van der Waals surface area contributed by atoms with Gasteiger partial charge in [-0.1, -0.05) is 24.6 Å². The van der Waals surface area contributed by atoms with Gasteiger partial charge in [-0.3, -0.25) is 4.79 Å². The highest BCUT2D eigenvalue weighted by molar-refractivity contribution is 6.32. The van der Waals surface area contributed by atoms with Crippen molar-refractivity contribution in [3.8, 4) is 5.75 Å². The number of rotatable bonds is 5. The molecule has 0 saturated carbocycles. The smallest absolute Gasteiger partial charge is 0.240 e. The second-order valence-corrected chi connectivity index (χ2v) is 5.57. The summed E-state index contributed by atoms with van der Waals surface area (Å²) in [6.07, 6.45) is 3.01. The molecule has 0 saturated heterocycles. The summed E-state index contributed by atoms with van der Waals surface area (Å²) in [5, 5.41) is 4.71. The lowest BCUT2D eigenvalue weighted by Crippen LogP contribution is -2.32. The first-order chi connectivity index (χ1) is 10.0. The number of carbonyl (C=O) groups is 1. The van der Waals surface area contributed by atoms with Gasteiger partial charge in [0.1, 0.15) is 5.75 Å². The van der Waals surface area contributed by atoms with Gasteiger partial charge in [0.15, 0.2) is 0 Å². The van der Waals surface area contributed by atoms with Gasteiger partial charge in [-0.15, -0.1) is 6.58 Å². The minimum absolute atomic E-state index is 0.0570. The summed E-state index contributed by atoms with van der Waals surface area (Å²) >= 11 is 6.32. The molecule has 0 radical (unpaired) electrons. The van der Waals surface area contributed by atoms with Gasteiger partial charge < -0.3 is 4.74 Å². The molecule has 0 spiro atoms. The summed E-state index contributed by atoms with van der Waals surface area (Å²) < 4.78 is 5.68. The molecule has 1 amide bonds. The molecule has 0 aromatic heterocycles. The molecule has 5 heteroatoms. The van der Waals surface area contributed by atoms with E-state index in [9.17, 15) is 4.79 Å². The quantitative estimate of drug-likeness (QED) is 0.669. The topological polar surface area (TPSA) is 50.7 Å². The van der Waals surface area contributed by atoms with Crippen LogP contribution in [0.4, 0.5) is 0 Å². The van der Waals surface area contributed by atoms with E-state index in [1.807, 2.05) is 26.0 Å². The third-order valence-corrected chi connectivity index (χ3v) is 3.63. The monoisotopic (exact) mass is 306 g/mol. The average molecular weight is 307 g/mol. The molecule has 4 nitrogen and oxygen atoms in total. The fourth-order valence-corrected chi connectivity index (χ4v) is 2.63. The minimum Gasteiger partial charge on any atom is -0.491 e. The lowest BCUT2D eigenvalue weighted by atomic mass is 9.93. The van der Waals surface area contributed by atoms with Gasteiger partial charge >= 0.3 is 0 Å². The first kappa shape index (κ1) is 15.6. The molecule has 112 valence electrons. The Morgan fingerprint density at radius 1 is 1.57 bits per heavy atom. The van der Waals surface area contributed by atoms with Gasteiger partial charge in [-0.25, -0.2) is 5.43 Å². The number of amides is 1. The van der Waals surface area contributed by atoms with Crippen LogP contribution in [-0.4, -0.2) is 18.2 Å². The minimum atomic E-state index is -0.0570. The predicted octanol–water partition coefficient (Wildman–Crippen LogP) is 3.46. The van der Waals surface area contributed by atoms with E-state index >= 15 is 0 Å². The fraction of sp³-hybridized carbons (Fsp3) is 0.375. The highest BCUT2D eigenvalue weighted by Crippen LogP contribution is 2.31. The van der Waals surface area contributed by atoms with Crippen molar-refractivity contribution in [1.82, 2.24) is 5.43 Å². The first-order valence-electron chi connectivity index (χ1n) is 6.93. The number of nitrogens with one attached hydrogen (secondary N) is 1. The number of halogens is 1. The summed E-state index contributed by atoms with van der Waals surface area (Å²) in [5.41, 5.74) is 5.23. The largest absolute Gasteiger partial charge is 0.491 e. The Morgan fingerprint density at radius 3 is 2.95 bits per heavy atom. The van der Waals surface area contributed by atoms with Crippen LogP contribution >= 0.6 is 11.6 Å². The van der Waals surface area contributed by atoms with Gasteiger partial charge in [0, 0.05) is 17.9 Å². The van der Waals surface area contributed by atoms with E-state index in [-0.39, 0.29) is 11.8 Å². The summed E-state index contributed by atoms with van der Waals surface area (Å²) in [6, 6.07) is 3.83. The van der Waals surface area contributed by atoms with Crippen molar-refractivity contribution in [2.75, 3.05) is 6.61 Å². The zero-order chi connectivity index (χ0) is 15.4. The second-order valence-electron chi connectivity index (χ2n) is 5.17. The lowest BCUT2D eigenvalue weighted by Gasteiger charge is -2.20. The maximum atomic E-state index is 11.3. The summed E-state index contributed by atoms with van der Waals surface area (Å²) in [4.78, 5) is 11.3. The van der Waals surface area contributed by atoms with Crippen LogP contribution in [0.15, 0.2) is 29.9 Å². The van der Waals surface area contributed by atoms with Gasteiger partial charge in [0.05, 0.1) is 17.3 Å². The number of aryl methyl sites for hydroxylation is 1. The number of hydrogen-bond acceptors (Lipinski definition) is 3. The van der Waals surface area contributed by atoms with Crippen LogP contribution in [-0.2, 0) is 4.79 Å². The number of hydrogen-bond donors (Lipinski definition) is 1. The summed E-state index contributed by atoms with van der Waals surface area (Å²) in [6.45, 7) is 8.15. The van der Waals surface area contributed by atoms with Gasteiger partial charge in [-0.2, -0.15) is 5.10 Å². The van der Waals surface area contributed by atoms with E-state index < -0.39 is 0 Å². The predicted molar refractivity (Wildman–Crippen MR) is 85.0 cm³/mol. The number of benzene rings is 1. The van der Waals surface area contributed by atoms with E-state index in [0.717, 1.165) is 23.3 Å². The highest BCUT2D eigenvalue weighted by atomic mass is 35.5. The van der Waals surface area contributed by atoms with Crippen LogP contribution in [0.3, 0.4) is 0 Å². The Hall–Kier alpha value is -1.81. The van der Waals surface area contributed by atoms with E-state index in [4.69, 9.17) is 16.3 Å². The Kier molecular flexibility index (Phi) is 5.02. The molecule has 0 aliphatic carbocycles. The zero-order valence-corrected chi connectivity index (χ0v) is 13.0. The van der Waals surface area contributed by atoms with E-state index in [1.54, 1.807) is 6.08 Å². The lowest BCUT2D eigenvalue weighted by molar-refractivity contribution is -0.121. The Labute approximate surface area is 129 Å². The molecule has 1 aromatic rings. The number of hydrazone groups is 1. The Balaban J connectivity index is 2.27. The van der Waals surface area contributed by atoms with Gasteiger partial charge in [-0.05, 0) is 31.0 Å². The van der Waals surface area contributed by atoms with Crippen molar-refractivity contribution in [2.24, 2.45) is 11.0 Å². The summed E-state index contributed by atoms with van der Waals surface area (Å²) in [5.74, 6) is 0.704. The van der Waals surface area contributed by atoms with Crippen LogP contribution in [0.5, 0.6) is 5.75 Å². The molecule has 0 bridgehead atoms. The van der Waals surface area contributed by atoms with Gasteiger partial charge in [0.25, 0.3) is 0 Å². The molecule has 1 unspecified atom stereocenters. The third kappa shape index (κ3) is 3.64. The normalized spacial score (nSPS) is 18.0. The standard InChI is InChI=1S/C16H19ClN2O2/c1-4-5-6-21-16-11(3)7-12(9-13(16)17)15-10(2)8-14(20)18-19-15/h4,7,9-10H,1,5-6,8H2,2-3H3,(H,18,20). The SMILES string of the molecule is C=CCCOc1c(C)cc(C2=NNC(=O)CC2C)cc1Cl. The maximum Gasteiger partial charge on any atom is 0.240 e. The molecular weight excluding hydrogens is 288 g/mol. The van der Waals surface area contributed by atoms with Crippen molar-refractivity contribution >= 4 is 23.2 Å². The average Bonchev–Trinajstić information content (AvgIpc) is 2.41. The van der Waals surface area contributed by atoms with Crippen molar-refractivity contribution < 1.29 is 9.53 Å². The van der Waals surface area contributed by atoms with Crippen LogP contribution in [0.1, 0.15) is 30.9 Å². The Bertz CT molecular complexity index is 573. The van der Waals surface area contributed by atoms with Crippen molar-refractivity contribution in [3.05, 3.63) is 40.9 Å². The zero-order valence-electron chi connectivity index (χ0n) is 12.3. The third-order valence-electron chi connectivity index (χ3n) is 3.35. The molecule has 1 aliphatic heterocycles. The van der Waals surface area contributed by atoms with Crippen LogP contribution in [0.2, 0.25) is 5.02 Å². The van der Waals surface area contributed by atoms with Gasteiger partial charge in [0.2, 0.25) is 5.91 Å². The molecule has 1 aliphatic rings. The molecule has 1 aromatic carbocycles. The molecule has 0 fully saturated rings. The maximum absolute atomic E-state index is 11.3. The van der Waals surface area contributed by atoms with E-state index in [0.29, 0.717) is 23.8 Å². The van der Waals surface area contributed by atoms with Crippen LogP contribution in [0, 0.1) is 12.8 Å².